The third-order valence-corrected chi connectivity index (χ3v) is 3.64. The van der Waals surface area contributed by atoms with Crippen molar-refractivity contribution in [2.75, 3.05) is 0 Å². The highest BCUT2D eigenvalue weighted by atomic mass is 16.5. The monoisotopic (exact) mass is 231 g/mol. The second kappa shape index (κ2) is 3.84. The number of carbonyl (C=O) groups excluding carboxylic acids is 1. The lowest BCUT2D eigenvalue weighted by Crippen LogP contribution is -2.53. The topological polar surface area (TPSA) is 52.3 Å². The Bertz CT molecular complexity index is 430. The molecule has 2 N–H and O–H groups in total. The number of ether oxygens (including phenoxy) is 1. The van der Waals surface area contributed by atoms with Gasteiger partial charge in [0.15, 0.2) is 5.78 Å². The van der Waals surface area contributed by atoms with E-state index in [1.807, 2.05) is 24.3 Å². The van der Waals surface area contributed by atoms with E-state index in [-0.39, 0.29) is 5.78 Å². The molecule has 0 bridgehead atoms. The molecule has 0 saturated heterocycles. The van der Waals surface area contributed by atoms with Crippen molar-refractivity contribution in [1.29, 1.82) is 0 Å². The van der Waals surface area contributed by atoms with Crippen molar-refractivity contribution in [3.8, 4) is 5.75 Å². The van der Waals surface area contributed by atoms with E-state index in [0.717, 1.165) is 37.9 Å². The predicted octanol–water partition coefficient (Wildman–Crippen LogP) is 2.29. The van der Waals surface area contributed by atoms with Gasteiger partial charge in [-0.3, -0.25) is 4.79 Å². The highest BCUT2D eigenvalue weighted by Gasteiger charge is 2.40. The molecule has 17 heavy (non-hydrogen) atoms. The van der Waals surface area contributed by atoms with Gasteiger partial charge in [-0.05, 0) is 56.4 Å². The Morgan fingerprint density at radius 1 is 1.24 bits per heavy atom. The molecule has 1 aromatic carbocycles. The summed E-state index contributed by atoms with van der Waals surface area (Å²) in [6.45, 7) is 0. The van der Waals surface area contributed by atoms with Crippen molar-refractivity contribution < 1.29 is 9.53 Å². The Morgan fingerprint density at radius 3 is 2.35 bits per heavy atom. The fourth-order valence-corrected chi connectivity index (χ4v) is 2.14. The zero-order chi connectivity index (χ0) is 11.9. The molecular weight excluding hydrogens is 214 g/mol. The number of rotatable bonds is 4. The molecule has 3 rings (SSSR count). The highest BCUT2D eigenvalue weighted by molar-refractivity contribution is 6.03. The van der Waals surface area contributed by atoms with Crippen LogP contribution in [0.3, 0.4) is 0 Å². The fourth-order valence-electron chi connectivity index (χ4n) is 2.14. The third-order valence-electron chi connectivity index (χ3n) is 3.64. The van der Waals surface area contributed by atoms with Crippen molar-refractivity contribution in [1.82, 2.24) is 0 Å². The fraction of sp³-hybridized carbons (Fsp3) is 0.500. The van der Waals surface area contributed by atoms with Crippen LogP contribution in [0.1, 0.15) is 42.5 Å². The predicted molar refractivity (Wildman–Crippen MR) is 65.2 cm³/mol. The normalized spacial score (nSPS) is 21.7. The zero-order valence-corrected chi connectivity index (χ0v) is 9.82. The smallest absolute Gasteiger partial charge is 0.182 e. The van der Waals surface area contributed by atoms with Crippen LogP contribution in [0, 0.1) is 0 Å². The standard InChI is InChI=1S/C14H17NO2/c15-14(8-1-9-14)13(16)10-2-4-11(5-3-10)17-12-6-7-12/h2-5,12H,1,6-9,15H2. The van der Waals surface area contributed by atoms with Crippen molar-refractivity contribution in [2.24, 2.45) is 5.73 Å². The summed E-state index contributed by atoms with van der Waals surface area (Å²) in [5, 5.41) is 0. The van der Waals surface area contributed by atoms with E-state index >= 15 is 0 Å². The maximum Gasteiger partial charge on any atom is 0.182 e. The van der Waals surface area contributed by atoms with E-state index in [1.165, 1.54) is 0 Å². The average molecular weight is 231 g/mol. The summed E-state index contributed by atoms with van der Waals surface area (Å²) in [6.07, 6.45) is 5.37. The van der Waals surface area contributed by atoms with Gasteiger partial charge >= 0.3 is 0 Å². The van der Waals surface area contributed by atoms with Crippen molar-refractivity contribution in [2.45, 2.75) is 43.7 Å². The Labute approximate surface area is 101 Å². The molecule has 2 saturated carbocycles. The maximum absolute atomic E-state index is 12.1. The van der Waals surface area contributed by atoms with Crippen LogP contribution in [-0.4, -0.2) is 17.4 Å². The lowest BCUT2D eigenvalue weighted by molar-refractivity contribution is 0.0800. The summed E-state index contributed by atoms with van der Waals surface area (Å²) in [7, 11) is 0. The molecule has 2 aliphatic carbocycles. The zero-order valence-electron chi connectivity index (χ0n) is 9.82. The summed E-state index contributed by atoms with van der Waals surface area (Å²) < 4.78 is 5.64. The van der Waals surface area contributed by atoms with E-state index in [2.05, 4.69) is 0 Å². The molecule has 3 nitrogen and oxygen atoms in total. The molecule has 0 heterocycles. The summed E-state index contributed by atoms with van der Waals surface area (Å²) >= 11 is 0. The SMILES string of the molecule is NC1(C(=O)c2ccc(OC3CC3)cc2)CCC1. The van der Waals surface area contributed by atoms with Gasteiger partial charge in [-0.25, -0.2) is 0 Å². The second-order valence-corrected chi connectivity index (χ2v) is 5.18. The van der Waals surface area contributed by atoms with Crippen LogP contribution in [0.2, 0.25) is 0 Å². The Hall–Kier alpha value is -1.35. The van der Waals surface area contributed by atoms with Crippen LogP contribution in [-0.2, 0) is 0 Å². The lowest BCUT2D eigenvalue weighted by atomic mass is 9.73. The molecule has 2 aliphatic rings. The first-order chi connectivity index (χ1) is 8.17. The number of hydrogen-bond donors (Lipinski definition) is 1. The van der Waals surface area contributed by atoms with E-state index in [9.17, 15) is 4.79 Å². The van der Waals surface area contributed by atoms with Gasteiger partial charge in [-0.1, -0.05) is 0 Å². The van der Waals surface area contributed by atoms with Crippen molar-refractivity contribution in [3.05, 3.63) is 29.8 Å². The number of ketones is 1. The van der Waals surface area contributed by atoms with Gasteiger partial charge in [0.25, 0.3) is 0 Å². The van der Waals surface area contributed by atoms with Gasteiger partial charge in [-0.15, -0.1) is 0 Å². The van der Waals surface area contributed by atoms with E-state index in [0.29, 0.717) is 11.7 Å². The number of hydrogen-bond acceptors (Lipinski definition) is 3. The average Bonchev–Trinajstić information content (AvgIpc) is 3.10. The number of nitrogens with two attached hydrogens (primary N) is 1. The van der Waals surface area contributed by atoms with Crippen LogP contribution < -0.4 is 10.5 Å². The molecule has 0 radical (unpaired) electrons. The minimum absolute atomic E-state index is 0.0710. The highest BCUT2D eigenvalue weighted by Crippen LogP contribution is 2.33. The molecule has 90 valence electrons. The first kappa shape index (κ1) is 10.8. The molecule has 0 amide bonds. The summed E-state index contributed by atoms with van der Waals surface area (Å²) in [5.74, 6) is 0.922. The summed E-state index contributed by atoms with van der Waals surface area (Å²) in [5.41, 5.74) is 6.13. The Balaban J connectivity index is 1.72. The maximum atomic E-state index is 12.1. The van der Waals surface area contributed by atoms with Gasteiger partial charge in [0.1, 0.15) is 5.75 Å². The summed E-state index contributed by atoms with van der Waals surface area (Å²) in [6, 6.07) is 7.39. The van der Waals surface area contributed by atoms with Crippen molar-refractivity contribution in [3.63, 3.8) is 0 Å². The van der Waals surface area contributed by atoms with Crippen LogP contribution in [0.4, 0.5) is 0 Å². The van der Waals surface area contributed by atoms with E-state index in [1.54, 1.807) is 0 Å². The lowest BCUT2D eigenvalue weighted by Gasteiger charge is -2.36. The van der Waals surface area contributed by atoms with Gasteiger partial charge in [0.05, 0.1) is 11.6 Å². The molecule has 3 heteroatoms. The largest absolute Gasteiger partial charge is 0.490 e. The molecule has 1 aromatic rings. The number of carbonyl (C=O) groups is 1. The van der Waals surface area contributed by atoms with Gasteiger partial charge in [0, 0.05) is 5.56 Å². The van der Waals surface area contributed by atoms with Gasteiger partial charge in [-0.2, -0.15) is 0 Å². The summed E-state index contributed by atoms with van der Waals surface area (Å²) in [4.78, 5) is 12.1. The molecule has 0 aromatic heterocycles. The van der Waals surface area contributed by atoms with E-state index < -0.39 is 5.54 Å². The number of Topliss-reactive ketones (excluding diaryl/α,β-unsaturated/α-hetero) is 1. The Morgan fingerprint density at radius 2 is 1.88 bits per heavy atom. The van der Waals surface area contributed by atoms with Crippen LogP contribution in [0.15, 0.2) is 24.3 Å². The first-order valence-electron chi connectivity index (χ1n) is 6.28. The minimum atomic E-state index is -0.598. The Kier molecular flexibility index (Phi) is 2.44. The molecule has 2 fully saturated rings. The van der Waals surface area contributed by atoms with Gasteiger partial charge < -0.3 is 10.5 Å². The molecular formula is C14H17NO2. The van der Waals surface area contributed by atoms with Crippen LogP contribution in [0.5, 0.6) is 5.75 Å². The van der Waals surface area contributed by atoms with E-state index in [4.69, 9.17) is 10.5 Å². The third kappa shape index (κ3) is 2.07. The second-order valence-electron chi connectivity index (χ2n) is 5.18. The van der Waals surface area contributed by atoms with Gasteiger partial charge in [0.2, 0.25) is 0 Å². The van der Waals surface area contributed by atoms with Crippen LogP contribution in [0.25, 0.3) is 0 Å². The van der Waals surface area contributed by atoms with Crippen molar-refractivity contribution >= 4 is 5.78 Å². The minimum Gasteiger partial charge on any atom is -0.490 e. The van der Waals surface area contributed by atoms with Crippen LogP contribution >= 0.6 is 0 Å². The molecule has 0 unspecified atom stereocenters. The molecule has 0 atom stereocenters. The first-order valence-corrected chi connectivity index (χ1v) is 6.28. The molecule has 0 aliphatic heterocycles. The quantitative estimate of drug-likeness (QED) is 0.809. The molecule has 0 spiro atoms. The number of benzene rings is 1.